The maximum Gasteiger partial charge on any atom is 0.166 e. The molecule has 2 rings (SSSR count). The fraction of sp³-hybridized carbons (Fsp3) is 1.00. The average Bonchev–Trinajstić information content (AvgIpc) is 2.56. The summed E-state index contributed by atoms with van der Waals surface area (Å²) in [4.78, 5) is 2.83. The standard InChI is InChI=1S/C8H13N3O2/c1-4-5(2)7(10-11-9)8-12-3-6(4)13-8/h4-8H,3H2,1-2H3/t4-,5+,6?,7?,8+/m1/s1. The highest BCUT2D eigenvalue weighted by molar-refractivity contribution is 4.92. The summed E-state index contributed by atoms with van der Waals surface area (Å²) in [7, 11) is 0. The first-order valence-electron chi connectivity index (χ1n) is 4.55. The van der Waals surface area contributed by atoms with Gasteiger partial charge in [-0.15, -0.1) is 0 Å². The Kier molecular flexibility index (Phi) is 2.15. The van der Waals surface area contributed by atoms with E-state index in [9.17, 15) is 0 Å². The first kappa shape index (κ1) is 8.81. The molecule has 0 N–H and O–H groups in total. The summed E-state index contributed by atoms with van der Waals surface area (Å²) in [5.41, 5.74) is 8.40. The zero-order valence-corrected chi connectivity index (χ0v) is 7.75. The van der Waals surface area contributed by atoms with Crippen LogP contribution in [-0.2, 0) is 9.47 Å². The number of fused-ring (bicyclic) bond motifs is 2. The lowest BCUT2D eigenvalue weighted by molar-refractivity contribution is -0.127. The van der Waals surface area contributed by atoms with Gasteiger partial charge >= 0.3 is 0 Å². The van der Waals surface area contributed by atoms with Crippen LogP contribution in [-0.4, -0.2) is 25.0 Å². The Labute approximate surface area is 76.6 Å². The molecule has 0 amide bonds. The molecule has 2 aliphatic heterocycles. The van der Waals surface area contributed by atoms with Crippen molar-refractivity contribution in [2.75, 3.05) is 6.61 Å². The Hall–Kier alpha value is -0.770. The second-order valence-electron chi connectivity index (χ2n) is 3.79. The molecule has 0 radical (unpaired) electrons. The summed E-state index contributed by atoms with van der Waals surface area (Å²) < 4.78 is 11.0. The molecular formula is C8H13N3O2. The van der Waals surface area contributed by atoms with Crippen LogP contribution in [0.15, 0.2) is 5.11 Å². The van der Waals surface area contributed by atoms with Gasteiger partial charge < -0.3 is 9.47 Å². The van der Waals surface area contributed by atoms with Gasteiger partial charge in [-0.2, -0.15) is 0 Å². The topological polar surface area (TPSA) is 67.2 Å². The maximum absolute atomic E-state index is 8.40. The number of nitrogens with zero attached hydrogens (tertiary/aromatic N) is 3. The number of rotatable bonds is 1. The number of hydrogen-bond donors (Lipinski definition) is 0. The Morgan fingerprint density at radius 2 is 2.15 bits per heavy atom. The Balaban J connectivity index is 2.21. The predicted molar refractivity (Wildman–Crippen MR) is 45.9 cm³/mol. The highest BCUT2D eigenvalue weighted by Gasteiger charge is 2.46. The molecular weight excluding hydrogens is 170 g/mol. The summed E-state index contributed by atoms with van der Waals surface area (Å²) in [6.45, 7) is 4.83. The van der Waals surface area contributed by atoms with Crippen LogP contribution < -0.4 is 0 Å². The molecule has 2 heterocycles. The SMILES string of the molecule is C[C@@H]1C(N=[N+]=[N-])[C@H]2OCC(O2)[C@@H]1C. The minimum Gasteiger partial charge on any atom is -0.349 e. The van der Waals surface area contributed by atoms with E-state index in [-0.39, 0.29) is 18.4 Å². The van der Waals surface area contributed by atoms with E-state index in [2.05, 4.69) is 23.9 Å². The molecule has 2 aliphatic rings. The molecule has 5 atom stereocenters. The Morgan fingerprint density at radius 3 is 2.85 bits per heavy atom. The van der Waals surface area contributed by atoms with Gasteiger partial charge in [0.05, 0.1) is 18.8 Å². The highest BCUT2D eigenvalue weighted by atomic mass is 16.7. The molecule has 2 fully saturated rings. The molecule has 2 unspecified atom stereocenters. The van der Waals surface area contributed by atoms with Gasteiger partial charge in [0.1, 0.15) is 0 Å². The maximum atomic E-state index is 8.40. The normalized spacial score (nSPS) is 48.6. The van der Waals surface area contributed by atoms with E-state index in [1.807, 2.05) is 0 Å². The molecule has 5 heteroatoms. The van der Waals surface area contributed by atoms with Crippen molar-refractivity contribution < 1.29 is 9.47 Å². The lowest BCUT2D eigenvalue weighted by atomic mass is 9.84. The van der Waals surface area contributed by atoms with E-state index >= 15 is 0 Å². The summed E-state index contributed by atoms with van der Waals surface area (Å²) in [5, 5.41) is 3.72. The van der Waals surface area contributed by atoms with Crippen LogP contribution in [0.3, 0.4) is 0 Å². The molecule has 72 valence electrons. The fourth-order valence-corrected chi connectivity index (χ4v) is 2.01. The molecule has 2 bridgehead atoms. The van der Waals surface area contributed by atoms with Crippen LogP contribution in [0.4, 0.5) is 0 Å². The van der Waals surface area contributed by atoms with Gasteiger partial charge in [0.2, 0.25) is 0 Å². The highest BCUT2D eigenvalue weighted by Crippen LogP contribution is 2.37. The van der Waals surface area contributed by atoms with Crippen LogP contribution in [0, 0.1) is 11.8 Å². The van der Waals surface area contributed by atoms with Crippen LogP contribution in [0.5, 0.6) is 0 Å². The van der Waals surface area contributed by atoms with Crippen LogP contribution >= 0.6 is 0 Å². The van der Waals surface area contributed by atoms with Gasteiger partial charge in [0, 0.05) is 4.91 Å². The van der Waals surface area contributed by atoms with Crippen LogP contribution in [0.1, 0.15) is 13.8 Å². The monoisotopic (exact) mass is 183 g/mol. The quantitative estimate of drug-likeness (QED) is 0.352. The van der Waals surface area contributed by atoms with E-state index in [4.69, 9.17) is 15.0 Å². The number of hydrogen-bond acceptors (Lipinski definition) is 3. The minimum absolute atomic E-state index is 0.168. The summed E-state index contributed by atoms with van der Waals surface area (Å²) >= 11 is 0. The number of azide groups is 1. The van der Waals surface area contributed by atoms with Crippen molar-refractivity contribution >= 4 is 0 Å². The number of ether oxygens (including phenoxy) is 2. The van der Waals surface area contributed by atoms with Crippen LogP contribution in [0.2, 0.25) is 0 Å². The fourth-order valence-electron chi connectivity index (χ4n) is 2.01. The molecule has 5 nitrogen and oxygen atoms in total. The first-order chi connectivity index (χ1) is 6.24. The third-order valence-electron chi connectivity index (χ3n) is 3.15. The van der Waals surface area contributed by atoms with Crippen LogP contribution in [0.25, 0.3) is 10.4 Å². The molecule has 0 aromatic heterocycles. The summed E-state index contributed by atoms with van der Waals surface area (Å²) in [6, 6.07) is -0.168. The van der Waals surface area contributed by atoms with E-state index < -0.39 is 0 Å². The van der Waals surface area contributed by atoms with Crippen molar-refractivity contribution in [1.82, 2.24) is 0 Å². The third kappa shape index (κ3) is 1.29. The van der Waals surface area contributed by atoms with Crippen molar-refractivity contribution in [1.29, 1.82) is 0 Å². The Bertz CT molecular complexity index is 252. The summed E-state index contributed by atoms with van der Waals surface area (Å²) in [5.74, 6) is 0.733. The van der Waals surface area contributed by atoms with Crippen molar-refractivity contribution in [3.8, 4) is 0 Å². The third-order valence-corrected chi connectivity index (χ3v) is 3.15. The van der Waals surface area contributed by atoms with Crippen molar-refractivity contribution in [3.63, 3.8) is 0 Å². The van der Waals surface area contributed by atoms with Gasteiger partial charge in [0.25, 0.3) is 0 Å². The van der Waals surface area contributed by atoms with E-state index in [1.54, 1.807) is 0 Å². The van der Waals surface area contributed by atoms with Gasteiger partial charge in [-0.3, -0.25) is 0 Å². The lowest BCUT2D eigenvalue weighted by Crippen LogP contribution is -2.43. The Morgan fingerprint density at radius 1 is 1.38 bits per heavy atom. The molecule has 2 saturated heterocycles. The van der Waals surface area contributed by atoms with Gasteiger partial charge in [-0.1, -0.05) is 19.0 Å². The van der Waals surface area contributed by atoms with Gasteiger partial charge in [-0.25, -0.2) is 0 Å². The first-order valence-corrected chi connectivity index (χ1v) is 4.55. The molecule has 0 aromatic rings. The largest absolute Gasteiger partial charge is 0.349 e. The van der Waals surface area contributed by atoms with E-state index in [0.29, 0.717) is 18.4 Å². The smallest absolute Gasteiger partial charge is 0.166 e. The predicted octanol–water partition coefficient (Wildman–Crippen LogP) is 1.69. The van der Waals surface area contributed by atoms with E-state index in [0.717, 1.165) is 0 Å². The molecule has 0 aliphatic carbocycles. The van der Waals surface area contributed by atoms with E-state index in [1.165, 1.54) is 0 Å². The van der Waals surface area contributed by atoms with Gasteiger partial charge in [-0.05, 0) is 17.4 Å². The van der Waals surface area contributed by atoms with Crippen molar-refractivity contribution in [3.05, 3.63) is 10.4 Å². The van der Waals surface area contributed by atoms with Crippen molar-refractivity contribution in [2.24, 2.45) is 17.0 Å². The molecule has 0 saturated carbocycles. The van der Waals surface area contributed by atoms with Gasteiger partial charge in [0.15, 0.2) is 6.29 Å². The summed E-state index contributed by atoms with van der Waals surface area (Å²) in [6.07, 6.45) is -0.128. The zero-order chi connectivity index (χ0) is 9.42. The minimum atomic E-state index is -0.313. The average molecular weight is 183 g/mol. The molecule has 0 spiro atoms. The second-order valence-corrected chi connectivity index (χ2v) is 3.79. The lowest BCUT2D eigenvalue weighted by Gasteiger charge is -2.35. The molecule has 0 aromatic carbocycles. The zero-order valence-electron chi connectivity index (χ0n) is 7.75. The second kappa shape index (κ2) is 3.18. The molecule has 13 heavy (non-hydrogen) atoms. The van der Waals surface area contributed by atoms with Crippen molar-refractivity contribution in [2.45, 2.75) is 32.3 Å².